The van der Waals surface area contributed by atoms with Crippen LogP contribution in [-0.2, 0) is 4.79 Å². The Labute approximate surface area is 95.7 Å². The number of carbonyl (C=O) groups is 1. The van der Waals surface area contributed by atoms with Crippen molar-refractivity contribution in [3.63, 3.8) is 0 Å². The highest BCUT2D eigenvalue weighted by molar-refractivity contribution is 6.94. The molecule has 7 heteroatoms. The van der Waals surface area contributed by atoms with Gasteiger partial charge in [-0.2, -0.15) is 0 Å². The summed E-state index contributed by atoms with van der Waals surface area (Å²) in [6.07, 6.45) is 0.426. The number of hydrogen-bond acceptors (Lipinski definition) is 2. The van der Waals surface area contributed by atoms with Crippen LogP contribution < -0.4 is 0 Å². The Kier molecular flexibility index (Phi) is 5.47. The molecular weight excluding hydrogens is 253 g/mol. The van der Waals surface area contributed by atoms with E-state index in [2.05, 4.69) is 0 Å². The van der Waals surface area contributed by atoms with E-state index in [1.165, 1.54) is 0 Å². The average Bonchev–Trinajstić information content (AvgIpc) is 2.19. The fourth-order valence-corrected chi connectivity index (χ4v) is 5.12. The molecule has 0 aromatic heterocycles. The minimum absolute atomic E-state index is 0.296. The maximum absolute atomic E-state index is 12.2. The van der Waals surface area contributed by atoms with Crippen LogP contribution in [0.1, 0.15) is 20.8 Å². The molecule has 0 amide bonds. The number of rotatable bonds is 6. The van der Waals surface area contributed by atoms with Gasteiger partial charge in [0.15, 0.2) is 0 Å². The van der Waals surface area contributed by atoms with Crippen molar-refractivity contribution in [3.8, 4) is 0 Å². The molecule has 0 rings (SSSR count). The minimum atomic E-state index is -6.29. The van der Waals surface area contributed by atoms with Gasteiger partial charge in [-0.15, -0.1) is 0 Å². The Balaban J connectivity index is 5.09. The Bertz CT molecular complexity index is 275. The van der Waals surface area contributed by atoms with Crippen molar-refractivity contribution >= 4 is 22.6 Å². The number of carbonyl (C=O) groups excluding carboxylic acids is 1. The summed E-state index contributed by atoms with van der Waals surface area (Å²) < 4.78 is 36.5. The topological polar surface area (TPSA) is 37.3 Å². The van der Waals surface area contributed by atoms with Crippen LogP contribution in [0.3, 0.4) is 0 Å². The first kappa shape index (κ1) is 15.4. The molecule has 0 bridgehead atoms. The first-order valence-electron chi connectivity index (χ1n) is 5.25. The predicted octanol–water partition coefficient (Wildman–Crippen LogP) is 3.43. The van der Waals surface area contributed by atoms with Crippen LogP contribution in [0.4, 0.5) is 12.3 Å². The molecule has 0 spiro atoms. The lowest BCUT2D eigenvalue weighted by atomic mass is 10.7. The zero-order chi connectivity index (χ0) is 13.0. The van der Waals surface area contributed by atoms with Crippen molar-refractivity contribution in [2.75, 3.05) is 0 Å². The second-order valence-electron chi connectivity index (χ2n) is 3.73. The SMILES string of the molecule is CC[Si](CC)(CC)C(O)=CC(=O)[Si](F)(F)F. The lowest BCUT2D eigenvalue weighted by Crippen LogP contribution is -2.37. The maximum atomic E-state index is 12.2. The van der Waals surface area contributed by atoms with E-state index < -0.39 is 22.6 Å². The highest BCUT2D eigenvalue weighted by Crippen LogP contribution is 2.27. The second-order valence-corrected chi connectivity index (χ2v) is 10.4. The lowest BCUT2D eigenvalue weighted by molar-refractivity contribution is -0.110. The highest BCUT2D eigenvalue weighted by Gasteiger charge is 2.47. The Morgan fingerprint density at radius 2 is 1.50 bits per heavy atom. The van der Waals surface area contributed by atoms with E-state index in [0.717, 1.165) is 0 Å². The molecule has 0 heterocycles. The van der Waals surface area contributed by atoms with Gasteiger partial charge in [-0.05, 0) is 0 Å². The van der Waals surface area contributed by atoms with Gasteiger partial charge in [0.25, 0.3) is 0 Å². The number of aliphatic hydroxyl groups excluding tert-OH is 1. The van der Waals surface area contributed by atoms with E-state index in [4.69, 9.17) is 0 Å². The van der Waals surface area contributed by atoms with Crippen molar-refractivity contribution in [1.29, 1.82) is 0 Å². The molecule has 16 heavy (non-hydrogen) atoms. The van der Waals surface area contributed by atoms with E-state index in [9.17, 15) is 22.2 Å². The van der Waals surface area contributed by atoms with Crippen LogP contribution in [0.15, 0.2) is 11.5 Å². The van der Waals surface area contributed by atoms with Crippen LogP contribution in [-0.4, -0.2) is 27.7 Å². The fraction of sp³-hybridized carbons (Fsp3) is 0.667. The van der Waals surface area contributed by atoms with Gasteiger partial charge in [0.2, 0.25) is 5.41 Å². The lowest BCUT2D eigenvalue weighted by Gasteiger charge is -2.26. The Hall–Kier alpha value is -0.566. The van der Waals surface area contributed by atoms with E-state index in [-0.39, 0.29) is 5.38 Å². The third-order valence-electron chi connectivity index (χ3n) is 3.12. The maximum Gasteiger partial charge on any atom is 0.695 e. The van der Waals surface area contributed by atoms with Gasteiger partial charge < -0.3 is 5.11 Å². The summed E-state index contributed by atoms with van der Waals surface area (Å²) in [4.78, 5) is 10.8. The zero-order valence-corrected chi connectivity index (χ0v) is 11.7. The third kappa shape index (κ3) is 3.48. The quantitative estimate of drug-likeness (QED) is 0.347. The molecule has 0 aromatic carbocycles. The summed E-state index contributed by atoms with van der Waals surface area (Å²) in [5.74, 6) is 0. The summed E-state index contributed by atoms with van der Waals surface area (Å²) in [5.41, 5.74) is 0. The van der Waals surface area contributed by atoms with Gasteiger partial charge in [0, 0.05) is 6.08 Å². The molecule has 0 saturated carbocycles. The van der Waals surface area contributed by atoms with E-state index in [0.29, 0.717) is 24.2 Å². The molecule has 0 saturated heterocycles. The summed E-state index contributed by atoms with van der Waals surface area (Å²) in [6, 6.07) is 1.94. The molecule has 0 unspecified atom stereocenters. The number of hydrogen-bond donors (Lipinski definition) is 1. The van der Waals surface area contributed by atoms with Crippen LogP contribution in [0, 0.1) is 0 Å². The number of halogens is 3. The molecule has 0 fully saturated rings. The minimum Gasteiger partial charge on any atom is -0.517 e. The molecule has 0 radical (unpaired) electrons. The smallest absolute Gasteiger partial charge is 0.517 e. The van der Waals surface area contributed by atoms with Crippen molar-refractivity contribution in [2.24, 2.45) is 0 Å². The standard InChI is InChI=1S/C9H17F3O2Si2/c1-4-15(5-2,6-3)8(13)7-9(14)16(10,11)12/h7,13H,4-6H2,1-3H3. The van der Waals surface area contributed by atoms with E-state index in [1.807, 2.05) is 20.8 Å². The van der Waals surface area contributed by atoms with Gasteiger partial charge in [-0.3, -0.25) is 4.79 Å². The molecule has 0 atom stereocenters. The highest BCUT2D eigenvalue weighted by atomic mass is 28.5. The van der Waals surface area contributed by atoms with Crippen molar-refractivity contribution < 1.29 is 22.2 Å². The van der Waals surface area contributed by atoms with Gasteiger partial charge >= 0.3 is 9.08 Å². The van der Waals surface area contributed by atoms with Crippen molar-refractivity contribution in [1.82, 2.24) is 0 Å². The average molecular weight is 270 g/mol. The monoisotopic (exact) mass is 270 g/mol. The summed E-state index contributed by atoms with van der Waals surface area (Å²) in [6.45, 7) is 5.54. The van der Waals surface area contributed by atoms with Gasteiger partial charge in [0.1, 0.15) is 8.07 Å². The van der Waals surface area contributed by atoms with Crippen molar-refractivity contribution in [3.05, 3.63) is 11.5 Å². The Morgan fingerprint density at radius 1 is 1.12 bits per heavy atom. The molecular formula is C9H17F3O2Si2. The number of aliphatic hydroxyl groups is 1. The summed E-state index contributed by atoms with van der Waals surface area (Å²) in [5, 5.41) is 7.59. The largest absolute Gasteiger partial charge is 0.695 e. The van der Waals surface area contributed by atoms with E-state index in [1.54, 1.807) is 0 Å². The number of allylic oxidation sites excluding steroid dienone is 1. The van der Waals surface area contributed by atoms with Gasteiger partial charge in [0.05, 0.1) is 5.38 Å². The summed E-state index contributed by atoms with van der Waals surface area (Å²) >= 11 is 0. The van der Waals surface area contributed by atoms with Crippen LogP contribution in [0.25, 0.3) is 0 Å². The molecule has 0 aliphatic heterocycles. The molecule has 0 aliphatic rings. The van der Waals surface area contributed by atoms with E-state index >= 15 is 0 Å². The van der Waals surface area contributed by atoms with Crippen LogP contribution >= 0.6 is 0 Å². The fourth-order valence-electron chi connectivity index (χ4n) is 1.65. The first-order valence-corrected chi connectivity index (χ1v) is 9.51. The normalized spacial score (nSPS) is 14.0. The molecule has 0 aliphatic carbocycles. The van der Waals surface area contributed by atoms with Crippen LogP contribution in [0.5, 0.6) is 0 Å². The van der Waals surface area contributed by atoms with Crippen LogP contribution in [0.2, 0.25) is 18.1 Å². The second kappa shape index (κ2) is 5.67. The zero-order valence-electron chi connectivity index (χ0n) is 9.69. The van der Waals surface area contributed by atoms with Gasteiger partial charge in [-0.25, -0.2) is 12.3 Å². The first-order chi connectivity index (χ1) is 7.23. The van der Waals surface area contributed by atoms with Crippen molar-refractivity contribution in [2.45, 2.75) is 38.9 Å². The Morgan fingerprint density at radius 3 is 1.75 bits per heavy atom. The third-order valence-corrected chi connectivity index (χ3v) is 9.12. The molecule has 0 aromatic rings. The molecule has 94 valence electrons. The van der Waals surface area contributed by atoms with Gasteiger partial charge in [-0.1, -0.05) is 38.9 Å². The predicted molar refractivity (Wildman–Crippen MR) is 62.0 cm³/mol. The molecule has 2 nitrogen and oxygen atoms in total. The molecule has 1 N–H and O–H groups in total. The summed E-state index contributed by atoms with van der Waals surface area (Å²) in [7, 11) is -8.54.